The zero-order chi connectivity index (χ0) is 16.2. The van der Waals surface area contributed by atoms with Crippen molar-refractivity contribution in [2.45, 2.75) is 50.7 Å². The molecule has 1 saturated heterocycles. The Bertz CT molecular complexity index is 644. The molecule has 1 atom stereocenters. The summed E-state index contributed by atoms with van der Waals surface area (Å²) in [6.07, 6.45) is 6.30. The van der Waals surface area contributed by atoms with Crippen molar-refractivity contribution < 1.29 is 0 Å². The van der Waals surface area contributed by atoms with Crippen molar-refractivity contribution in [3.05, 3.63) is 71.3 Å². The molecule has 2 aromatic carbocycles. The van der Waals surface area contributed by atoms with E-state index in [1.807, 2.05) is 0 Å². The van der Waals surface area contributed by atoms with Crippen LogP contribution in [0.5, 0.6) is 0 Å². The fourth-order valence-electron chi connectivity index (χ4n) is 4.27. The molecule has 24 heavy (non-hydrogen) atoms. The van der Waals surface area contributed by atoms with Crippen molar-refractivity contribution in [3.63, 3.8) is 0 Å². The maximum Gasteiger partial charge on any atom is 0.0233 e. The molecule has 2 aromatic rings. The van der Waals surface area contributed by atoms with Gasteiger partial charge >= 0.3 is 0 Å². The second-order valence-electron chi connectivity index (χ2n) is 7.41. The van der Waals surface area contributed by atoms with Crippen LogP contribution < -0.4 is 5.32 Å². The van der Waals surface area contributed by atoms with Crippen molar-refractivity contribution in [3.8, 4) is 0 Å². The number of aryl methyl sites for hydroxylation is 1. The van der Waals surface area contributed by atoms with E-state index in [-0.39, 0.29) is 0 Å². The Balaban J connectivity index is 1.25. The number of benzene rings is 2. The predicted octanol–water partition coefficient (Wildman–Crippen LogP) is 3.80. The van der Waals surface area contributed by atoms with E-state index in [2.05, 4.69) is 64.8 Å². The van der Waals surface area contributed by atoms with E-state index in [4.69, 9.17) is 0 Å². The number of nitrogens with zero attached hydrogens (tertiary/aromatic N) is 1. The molecule has 1 unspecified atom stereocenters. The maximum absolute atomic E-state index is 3.96. The Morgan fingerprint density at radius 3 is 2.29 bits per heavy atom. The van der Waals surface area contributed by atoms with Crippen LogP contribution in [-0.4, -0.2) is 30.1 Å². The Morgan fingerprint density at radius 2 is 1.50 bits per heavy atom. The summed E-state index contributed by atoms with van der Waals surface area (Å²) in [5, 5.41) is 3.96. The molecular weight excluding hydrogens is 292 g/mol. The van der Waals surface area contributed by atoms with Crippen molar-refractivity contribution in [1.82, 2.24) is 10.2 Å². The lowest BCUT2D eigenvalue weighted by Crippen LogP contribution is -2.47. The average Bonchev–Trinajstić information content (AvgIpc) is 2.64. The molecule has 0 aromatic heterocycles. The molecule has 1 N–H and O–H groups in total. The van der Waals surface area contributed by atoms with Gasteiger partial charge in [-0.05, 0) is 61.9 Å². The first-order valence-electron chi connectivity index (χ1n) is 9.46. The lowest BCUT2D eigenvalue weighted by atomic mass is 9.87. The number of likely N-dealkylation sites (tertiary alicyclic amines) is 1. The van der Waals surface area contributed by atoms with Gasteiger partial charge in [-0.15, -0.1) is 0 Å². The molecule has 1 aliphatic carbocycles. The van der Waals surface area contributed by atoms with Gasteiger partial charge in [-0.2, -0.15) is 0 Å². The summed E-state index contributed by atoms with van der Waals surface area (Å²) in [6, 6.07) is 21.2. The molecule has 2 heteroatoms. The highest BCUT2D eigenvalue weighted by Crippen LogP contribution is 2.23. The molecule has 0 spiro atoms. The van der Waals surface area contributed by atoms with Gasteiger partial charge in [0.15, 0.2) is 0 Å². The van der Waals surface area contributed by atoms with Gasteiger partial charge in [0.25, 0.3) is 0 Å². The van der Waals surface area contributed by atoms with Gasteiger partial charge in [0.1, 0.15) is 0 Å². The molecule has 4 rings (SSSR count). The summed E-state index contributed by atoms with van der Waals surface area (Å²) in [6.45, 7) is 3.54. The molecule has 1 heterocycles. The number of rotatable bonds is 4. The van der Waals surface area contributed by atoms with Gasteiger partial charge in [0.05, 0.1) is 0 Å². The van der Waals surface area contributed by atoms with Crippen LogP contribution >= 0.6 is 0 Å². The summed E-state index contributed by atoms with van der Waals surface area (Å²) in [4.78, 5) is 2.60. The van der Waals surface area contributed by atoms with E-state index in [0.717, 1.165) is 6.54 Å². The van der Waals surface area contributed by atoms with E-state index >= 15 is 0 Å². The van der Waals surface area contributed by atoms with Crippen LogP contribution in [0.15, 0.2) is 54.6 Å². The molecule has 1 fully saturated rings. The zero-order valence-electron chi connectivity index (χ0n) is 14.5. The zero-order valence-corrected chi connectivity index (χ0v) is 14.5. The molecule has 0 bridgehead atoms. The summed E-state index contributed by atoms with van der Waals surface area (Å²) in [5.41, 5.74) is 4.56. The van der Waals surface area contributed by atoms with Gasteiger partial charge in [-0.25, -0.2) is 0 Å². The number of nitrogens with one attached hydrogen (secondary N) is 1. The smallest absolute Gasteiger partial charge is 0.0233 e. The minimum atomic E-state index is 0.672. The van der Waals surface area contributed by atoms with Crippen LogP contribution in [-0.2, 0) is 19.4 Å². The van der Waals surface area contributed by atoms with Gasteiger partial charge in [0.2, 0.25) is 0 Å². The molecule has 126 valence electrons. The monoisotopic (exact) mass is 320 g/mol. The number of fused-ring (bicyclic) bond motifs is 1. The van der Waals surface area contributed by atoms with E-state index in [9.17, 15) is 0 Å². The fraction of sp³-hybridized carbons (Fsp3) is 0.455. The number of hydrogen-bond donors (Lipinski definition) is 1. The van der Waals surface area contributed by atoms with Crippen molar-refractivity contribution in [2.75, 3.05) is 13.1 Å². The molecule has 0 radical (unpaired) electrons. The molecule has 0 amide bonds. The van der Waals surface area contributed by atoms with Crippen molar-refractivity contribution in [1.29, 1.82) is 0 Å². The summed E-state index contributed by atoms with van der Waals surface area (Å²) < 4.78 is 0. The Hall–Kier alpha value is -1.64. The standard InChI is InChI=1S/C22H28N2/c1-2-6-18(7-3-1)17-24-14-12-21(13-15-24)23-22-11-10-19-8-4-5-9-20(19)16-22/h1-9,21-23H,10-17H2. The van der Waals surface area contributed by atoms with Crippen LogP contribution in [0, 0.1) is 0 Å². The first-order valence-corrected chi connectivity index (χ1v) is 9.46. The van der Waals surface area contributed by atoms with Crippen LogP contribution in [0.3, 0.4) is 0 Å². The van der Waals surface area contributed by atoms with Crippen molar-refractivity contribution >= 4 is 0 Å². The van der Waals surface area contributed by atoms with Gasteiger partial charge in [0, 0.05) is 18.6 Å². The Labute approximate surface area is 145 Å². The SMILES string of the molecule is c1ccc(CN2CCC(NC3CCc4ccccc4C3)CC2)cc1. The lowest BCUT2D eigenvalue weighted by Gasteiger charge is -2.36. The highest BCUT2D eigenvalue weighted by atomic mass is 15.1. The average molecular weight is 320 g/mol. The first-order chi connectivity index (χ1) is 11.9. The fourth-order valence-corrected chi connectivity index (χ4v) is 4.27. The third-order valence-corrected chi connectivity index (χ3v) is 5.65. The summed E-state index contributed by atoms with van der Waals surface area (Å²) >= 11 is 0. The molecule has 2 aliphatic rings. The third-order valence-electron chi connectivity index (χ3n) is 5.65. The van der Waals surface area contributed by atoms with E-state index in [1.165, 1.54) is 50.8 Å². The Morgan fingerprint density at radius 1 is 0.792 bits per heavy atom. The molecule has 1 aliphatic heterocycles. The van der Waals surface area contributed by atoms with Crippen LogP contribution in [0.4, 0.5) is 0 Å². The largest absolute Gasteiger partial charge is 0.311 e. The molecule has 0 saturated carbocycles. The van der Waals surface area contributed by atoms with Crippen LogP contribution in [0.1, 0.15) is 36.0 Å². The molecular formula is C22H28N2. The lowest BCUT2D eigenvalue weighted by molar-refractivity contribution is 0.181. The first kappa shape index (κ1) is 15.9. The predicted molar refractivity (Wildman–Crippen MR) is 100 cm³/mol. The van der Waals surface area contributed by atoms with Crippen molar-refractivity contribution in [2.24, 2.45) is 0 Å². The molecule has 2 nitrogen and oxygen atoms in total. The van der Waals surface area contributed by atoms with E-state index < -0.39 is 0 Å². The second-order valence-corrected chi connectivity index (χ2v) is 7.41. The number of hydrogen-bond acceptors (Lipinski definition) is 2. The highest BCUT2D eigenvalue weighted by Gasteiger charge is 2.24. The van der Waals surface area contributed by atoms with Gasteiger partial charge < -0.3 is 5.32 Å². The normalized spacial score (nSPS) is 22.2. The quantitative estimate of drug-likeness (QED) is 0.922. The second kappa shape index (κ2) is 7.50. The number of piperidine rings is 1. The topological polar surface area (TPSA) is 15.3 Å². The van der Waals surface area contributed by atoms with Gasteiger partial charge in [-0.1, -0.05) is 54.6 Å². The maximum atomic E-state index is 3.96. The highest BCUT2D eigenvalue weighted by molar-refractivity contribution is 5.30. The van der Waals surface area contributed by atoms with Crippen LogP contribution in [0.2, 0.25) is 0 Å². The van der Waals surface area contributed by atoms with E-state index in [0.29, 0.717) is 12.1 Å². The Kier molecular flexibility index (Phi) is 4.96. The van der Waals surface area contributed by atoms with Gasteiger partial charge in [-0.3, -0.25) is 4.90 Å². The summed E-state index contributed by atoms with van der Waals surface area (Å²) in [5.74, 6) is 0. The minimum absolute atomic E-state index is 0.672. The minimum Gasteiger partial charge on any atom is -0.311 e. The third kappa shape index (κ3) is 3.88. The van der Waals surface area contributed by atoms with E-state index in [1.54, 1.807) is 11.1 Å². The summed E-state index contributed by atoms with van der Waals surface area (Å²) in [7, 11) is 0. The van der Waals surface area contributed by atoms with Crippen LogP contribution in [0.25, 0.3) is 0 Å².